The molecular weight excluding hydrogens is 454 g/mol. The third-order valence-electron chi connectivity index (χ3n) is 5.91. The normalized spacial score (nSPS) is 15.1. The Morgan fingerprint density at radius 2 is 1.58 bits per heavy atom. The lowest BCUT2D eigenvalue weighted by molar-refractivity contribution is -0.143. The second-order valence-electron chi connectivity index (χ2n) is 10.8. The smallest absolute Gasteiger partial charge is 0.408 e. The minimum absolute atomic E-state index is 0.0706. The van der Waals surface area contributed by atoms with Gasteiger partial charge in [-0.3, -0.25) is 9.59 Å². The predicted molar refractivity (Wildman–Crippen MR) is 140 cm³/mol. The molecule has 0 aliphatic heterocycles. The molecule has 0 spiro atoms. The maximum atomic E-state index is 14.2. The molecule has 2 unspecified atom stereocenters. The summed E-state index contributed by atoms with van der Waals surface area (Å²) in [5.41, 5.74) is 1.91. The van der Waals surface area contributed by atoms with Crippen molar-refractivity contribution in [3.05, 3.63) is 71.3 Å². The number of rotatable bonds is 9. The van der Waals surface area contributed by atoms with Crippen LogP contribution in [0.15, 0.2) is 54.6 Å². The van der Waals surface area contributed by atoms with Gasteiger partial charge in [0.1, 0.15) is 17.7 Å². The van der Waals surface area contributed by atoms with E-state index in [1.165, 1.54) is 0 Å². The van der Waals surface area contributed by atoms with Gasteiger partial charge in [0.25, 0.3) is 0 Å². The number of carbonyl (C=O) groups is 3. The molecule has 0 aromatic heterocycles. The highest BCUT2D eigenvalue weighted by atomic mass is 16.6. The number of carbonyl (C=O) groups excluding carboxylic acids is 3. The van der Waals surface area contributed by atoms with Crippen LogP contribution < -0.4 is 10.6 Å². The standard InChI is InChI=1S/C29H39N3O4/c1-19(2)30-26(33)25(23-15-11-10-12-20(23)3)32(22-16-17-22)27(34)24(18-21-13-8-7-9-14-21)31-28(35)36-29(4,5)6/h7-15,19,22,24-25H,16-18H2,1-6H3,(H,30,33)(H,31,35). The lowest BCUT2D eigenvalue weighted by Gasteiger charge is -2.35. The van der Waals surface area contributed by atoms with Gasteiger partial charge in [-0.05, 0) is 71.1 Å². The number of hydrogen-bond acceptors (Lipinski definition) is 4. The fraction of sp³-hybridized carbons (Fsp3) is 0.483. The van der Waals surface area contributed by atoms with Crippen molar-refractivity contribution in [2.75, 3.05) is 0 Å². The fourth-order valence-corrected chi connectivity index (χ4v) is 4.22. The van der Waals surface area contributed by atoms with Gasteiger partial charge in [-0.25, -0.2) is 4.79 Å². The quantitative estimate of drug-likeness (QED) is 0.531. The van der Waals surface area contributed by atoms with Gasteiger partial charge < -0.3 is 20.3 Å². The minimum atomic E-state index is -0.888. The summed E-state index contributed by atoms with van der Waals surface area (Å²) in [5.74, 6) is -0.519. The van der Waals surface area contributed by atoms with Gasteiger partial charge in [0.05, 0.1) is 0 Å². The Morgan fingerprint density at radius 3 is 2.14 bits per heavy atom. The van der Waals surface area contributed by atoms with E-state index in [-0.39, 0.29) is 30.3 Å². The van der Waals surface area contributed by atoms with E-state index in [9.17, 15) is 14.4 Å². The monoisotopic (exact) mass is 493 g/mol. The Labute approximate surface area is 214 Å². The second kappa shape index (κ2) is 11.6. The molecule has 0 radical (unpaired) electrons. The third-order valence-corrected chi connectivity index (χ3v) is 5.91. The number of amides is 3. The van der Waals surface area contributed by atoms with E-state index in [1.807, 2.05) is 75.4 Å². The number of ether oxygens (including phenoxy) is 1. The van der Waals surface area contributed by atoms with E-state index in [2.05, 4.69) is 10.6 Å². The van der Waals surface area contributed by atoms with Crippen LogP contribution >= 0.6 is 0 Å². The average Bonchev–Trinajstić information content (AvgIpc) is 3.61. The zero-order valence-corrected chi connectivity index (χ0v) is 22.2. The van der Waals surface area contributed by atoms with Gasteiger partial charge in [-0.2, -0.15) is 0 Å². The number of nitrogens with one attached hydrogen (secondary N) is 2. The number of nitrogens with zero attached hydrogens (tertiary/aromatic N) is 1. The zero-order valence-electron chi connectivity index (χ0n) is 22.2. The zero-order chi connectivity index (χ0) is 26.5. The number of hydrogen-bond donors (Lipinski definition) is 2. The van der Waals surface area contributed by atoms with E-state index in [0.717, 1.165) is 29.5 Å². The van der Waals surface area contributed by atoms with Crippen LogP contribution in [-0.2, 0) is 20.7 Å². The van der Waals surface area contributed by atoms with Crippen LogP contribution in [0.3, 0.4) is 0 Å². The first-order valence-electron chi connectivity index (χ1n) is 12.7. The molecule has 3 amide bonds. The first kappa shape index (κ1) is 27.2. The molecule has 0 bridgehead atoms. The Kier molecular flexibility index (Phi) is 8.77. The molecule has 36 heavy (non-hydrogen) atoms. The maximum absolute atomic E-state index is 14.2. The van der Waals surface area contributed by atoms with E-state index in [0.29, 0.717) is 0 Å². The summed E-state index contributed by atoms with van der Waals surface area (Å²) in [5, 5.41) is 5.80. The highest BCUT2D eigenvalue weighted by Crippen LogP contribution is 2.36. The maximum Gasteiger partial charge on any atom is 0.408 e. The summed E-state index contributed by atoms with van der Waals surface area (Å²) in [6.07, 6.45) is 1.25. The summed E-state index contributed by atoms with van der Waals surface area (Å²) in [4.78, 5) is 42.2. The Morgan fingerprint density at radius 1 is 0.972 bits per heavy atom. The lowest BCUT2D eigenvalue weighted by atomic mass is 9.96. The molecule has 2 N–H and O–H groups in total. The number of aryl methyl sites for hydroxylation is 1. The van der Waals surface area contributed by atoms with Gasteiger partial charge in [0.2, 0.25) is 11.8 Å². The van der Waals surface area contributed by atoms with Crippen LogP contribution in [0.5, 0.6) is 0 Å². The number of alkyl carbamates (subject to hydrolysis) is 1. The average molecular weight is 494 g/mol. The Bertz CT molecular complexity index is 1060. The fourth-order valence-electron chi connectivity index (χ4n) is 4.22. The molecule has 2 aromatic carbocycles. The number of benzene rings is 2. The van der Waals surface area contributed by atoms with Crippen LogP contribution in [-0.4, -0.2) is 46.5 Å². The van der Waals surface area contributed by atoms with Crippen molar-refractivity contribution in [2.24, 2.45) is 0 Å². The van der Waals surface area contributed by atoms with Crippen molar-refractivity contribution >= 4 is 17.9 Å². The van der Waals surface area contributed by atoms with Gasteiger partial charge in [-0.15, -0.1) is 0 Å². The van der Waals surface area contributed by atoms with Gasteiger partial charge in [0.15, 0.2) is 0 Å². The van der Waals surface area contributed by atoms with Crippen LogP contribution in [0.4, 0.5) is 4.79 Å². The molecule has 1 aliphatic carbocycles. The molecule has 3 rings (SSSR count). The van der Waals surface area contributed by atoms with E-state index < -0.39 is 23.8 Å². The molecule has 7 heteroatoms. The van der Waals surface area contributed by atoms with Crippen molar-refractivity contribution in [3.8, 4) is 0 Å². The van der Waals surface area contributed by atoms with Gasteiger partial charge in [-0.1, -0.05) is 54.6 Å². The SMILES string of the molecule is Cc1ccccc1C(C(=O)NC(C)C)N(C(=O)C(Cc1ccccc1)NC(=O)OC(C)(C)C)C1CC1. The van der Waals surface area contributed by atoms with Crippen molar-refractivity contribution in [3.63, 3.8) is 0 Å². The Balaban J connectivity index is 2.00. The van der Waals surface area contributed by atoms with Gasteiger partial charge >= 0.3 is 6.09 Å². The summed E-state index contributed by atoms with van der Waals surface area (Å²) >= 11 is 0. The van der Waals surface area contributed by atoms with E-state index >= 15 is 0 Å². The van der Waals surface area contributed by atoms with Crippen LogP contribution in [0.1, 0.15) is 70.2 Å². The molecule has 7 nitrogen and oxygen atoms in total. The molecule has 2 atom stereocenters. The summed E-state index contributed by atoms with van der Waals surface area (Å²) in [6, 6.07) is 15.3. The molecule has 1 saturated carbocycles. The van der Waals surface area contributed by atoms with Crippen LogP contribution in [0.25, 0.3) is 0 Å². The molecule has 194 valence electrons. The largest absolute Gasteiger partial charge is 0.444 e. The second-order valence-corrected chi connectivity index (χ2v) is 10.8. The topological polar surface area (TPSA) is 87.7 Å². The third kappa shape index (κ3) is 7.57. The van der Waals surface area contributed by atoms with E-state index in [1.54, 1.807) is 25.7 Å². The summed E-state index contributed by atoms with van der Waals surface area (Å²) in [7, 11) is 0. The summed E-state index contributed by atoms with van der Waals surface area (Å²) in [6.45, 7) is 11.1. The molecule has 1 aliphatic rings. The molecule has 1 fully saturated rings. The predicted octanol–water partition coefficient (Wildman–Crippen LogP) is 4.69. The van der Waals surface area contributed by atoms with Crippen LogP contribution in [0, 0.1) is 6.92 Å². The van der Waals surface area contributed by atoms with Crippen molar-refractivity contribution < 1.29 is 19.1 Å². The lowest BCUT2D eigenvalue weighted by Crippen LogP contribution is -2.55. The highest BCUT2D eigenvalue weighted by molar-refractivity contribution is 5.93. The first-order valence-corrected chi connectivity index (χ1v) is 12.7. The first-order chi connectivity index (χ1) is 17.0. The molecule has 2 aromatic rings. The Hall–Kier alpha value is -3.35. The van der Waals surface area contributed by atoms with Crippen molar-refractivity contribution in [2.45, 2.75) is 90.6 Å². The highest BCUT2D eigenvalue weighted by Gasteiger charge is 2.44. The molecule has 0 heterocycles. The molecule has 0 saturated heterocycles. The minimum Gasteiger partial charge on any atom is -0.444 e. The van der Waals surface area contributed by atoms with Crippen LogP contribution in [0.2, 0.25) is 0 Å². The van der Waals surface area contributed by atoms with Crippen molar-refractivity contribution in [1.29, 1.82) is 0 Å². The van der Waals surface area contributed by atoms with Crippen molar-refractivity contribution in [1.82, 2.24) is 15.5 Å². The van der Waals surface area contributed by atoms with Gasteiger partial charge in [0, 0.05) is 18.5 Å². The molecular formula is C29H39N3O4. The van der Waals surface area contributed by atoms with E-state index in [4.69, 9.17) is 4.74 Å². The summed E-state index contributed by atoms with van der Waals surface area (Å²) < 4.78 is 5.48.